The van der Waals surface area contributed by atoms with Crippen molar-refractivity contribution in [3.05, 3.63) is 112 Å². The van der Waals surface area contributed by atoms with Crippen molar-refractivity contribution in [2.24, 2.45) is 5.92 Å². The van der Waals surface area contributed by atoms with Crippen molar-refractivity contribution < 1.29 is 43.1 Å². The molecule has 6 rings (SSSR count). The predicted molar refractivity (Wildman–Crippen MR) is 233 cm³/mol. The standard InChI is InChI=1S/C45H59N5O10Si/c1-27(2)38(51)48-43-47-37-36(39(52)49-43)46-26-50(37)40-41(53)59-42(54)44(60-40,25-58-61(28(3)4,29(5)6)30(7)8)24-57-45(31-14-12-11-13-15-31,32-16-20-34(55-9)21-17-32)33-18-22-35(56-10)23-19-33/h11-23,26-30,40-42,53-54H,24-25H2,1-10H3,(H2,47,48,49,51,52)/t40-,41?,42?,44+/m1/s1. The van der Waals surface area contributed by atoms with E-state index in [-0.39, 0.29) is 52.9 Å². The Kier molecular flexibility index (Phi) is 13.9. The molecule has 0 spiro atoms. The summed E-state index contributed by atoms with van der Waals surface area (Å²) in [5.41, 5.74) is -1.17. The van der Waals surface area contributed by atoms with E-state index in [1.807, 2.05) is 78.9 Å². The fourth-order valence-corrected chi connectivity index (χ4v) is 14.1. The Morgan fingerprint density at radius 2 is 1.39 bits per heavy atom. The molecular formula is C45H59N5O10Si. The molecule has 1 aliphatic rings. The van der Waals surface area contributed by atoms with E-state index in [9.17, 15) is 19.8 Å². The molecule has 5 aromatic rings. The number of ether oxygens (including phenoxy) is 5. The summed E-state index contributed by atoms with van der Waals surface area (Å²) < 4.78 is 39.9. The monoisotopic (exact) mass is 857 g/mol. The van der Waals surface area contributed by atoms with Crippen molar-refractivity contribution in [3.8, 4) is 11.5 Å². The Labute approximate surface area is 357 Å². The van der Waals surface area contributed by atoms with E-state index in [1.54, 1.807) is 28.1 Å². The Bertz CT molecular complexity index is 2230. The first-order chi connectivity index (χ1) is 29.0. The molecule has 4 N–H and O–H groups in total. The molecule has 4 atom stereocenters. The average molecular weight is 858 g/mol. The minimum absolute atomic E-state index is 0.00653. The highest BCUT2D eigenvalue weighted by molar-refractivity contribution is 6.77. The number of benzene rings is 3. The van der Waals surface area contributed by atoms with Crippen LogP contribution in [-0.2, 0) is 29.0 Å². The topological polar surface area (TPSA) is 189 Å². The van der Waals surface area contributed by atoms with Gasteiger partial charge >= 0.3 is 0 Å². The zero-order valence-electron chi connectivity index (χ0n) is 36.5. The van der Waals surface area contributed by atoms with Gasteiger partial charge in [0.25, 0.3) is 5.56 Å². The summed E-state index contributed by atoms with van der Waals surface area (Å²) in [4.78, 5) is 37.3. The number of hydrogen-bond donors (Lipinski definition) is 4. The number of hydrogen-bond acceptors (Lipinski definition) is 12. The number of carbonyl (C=O) groups is 1. The van der Waals surface area contributed by atoms with Gasteiger partial charge in [-0.3, -0.25) is 24.5 Å². The number of aliphatic hydroxyl groups is 2. The first kappa shape index (κ1) is 45.6. The van der Waals surface area contributed by atoms with E-state index in [1.165, 1.54) is 10.9 Å². The van der Waals surface area contributed by atoms with E-state index in [0.717, 1.165) is 16.7 Å². The minimum atomic E-state index is -2.67. The molecule has 2 unspecified atom stereocenters. The summed E-state index contributed by atoms with van der Waals surface area (Å²) >= 11 is 0. The molecular weight excluding hydrogens is 799 g/mol. The van der Waals surface area contributed by atoms with Crippen LogP contribution in [0.2, 0.25) is 16.6 Å². The van der Waals surface area contributed by atoms with Crippen LogP contribution in [0.4, 0.5) is 5.95 Å². The number of aromatic nitrogens is 4. The lowest BCUT2D eigenvalue weighted by Crippen LogP contribution is -2.63. The molecule has 2 aromatic heterocycles. The number of aliphatic hydroxyl groups excluding tert-OH is 2. The first-order valence-corrected chi connectivity index (χ1v) is 22.8. The zero-order valence-corrected chi connectivity index (χ0v) is 37.5. The van der Waals surface area contributed by atoms with Gasteiger partial charge in [0.1, 0.15) is 17.1 Å². The van der Waals surface area contributed by atoms with Crippen LogP contribution in [0.1, 0.15) is 78.3 Å². The Hall–Kier alpha value is -4.94. The molecule has 0 aliphatic carbocycles. The van der Waals surface area contributed by atoms with Crippen LogP contribution in [0.15, 0.2) is 90.0 Å². The maximum absolute atomic E-state index is 13.3. The number of rotatable bonds is 17. The maximum atomic E-state index is 13.3. The molecule has 0 saturated carbocycles. The van der Waals surface area contributed by atoms with Crippen LogP contribution in [0.3, 0.4) is 0 Å². The van der Waals surface area contributed by atoms with Crippen molar-refractivity contribution >= 4 is 31.3 Å². The van der Waals surface area contributed by atoms with Gasteiger partial charge in [0.05, 0.1) is 33.8 Å². The number of amides is 1. The molecule has 61 heavy (non-hydrogen) atoms. The number of fused-ring (bicyclic) bond motifs is 1. The summed E-state index contributed by atoms with van der Waals surface area (Å²) in [6.07, 6.45) is -3.71. The van der Waals surface area contributed by atoms with Gasteiger partial charge in [-0.05, 0) is 57.6 Å². The number of carbonyl (C=O) groups excluding carboxylic acids is 1. The summed E-state index contributed by atoms with van der Waals surface area (Å²) in [6, 6.07) is 24.8. The van der Waals surface area contributed by atoms with E-state index in [2.05, 4.69) is 61.8 Å². The van der Waals surface area contributed by atoms with Crippen LogP contribution in [0, 0.1) is 5.92 Å². The van der Waals surface area contributed by atoms with Gasteiger partial charge in [-0.2, -0.15) is 4.98 Å². The van der Waals surface area contributed by atoms with Crippen molar-refractivity contribution in [2.75, 3.05) is 32.8 Å². The van der Waals surface area contributed by atoms with Gasteiger partial charge < -0.3 is 38.3 Å². The lowest BCUT2D eigenvalue weighted by molar-refractivity contribution is -0.398. The Morgan fingerprint density at radius 3 is 1.90 bits per heavy atom. The van der Waals surface area contributed by atoms with Gasteiger partial charge in [0.2, 0.25) is 18.1 Å². The highest BCUT2D eigenvalue weighted by Crippen LogP contribution is 2.47. The van der Waals surface area contributed by atoms with E-state index in [0.29, 0.717) is 11.5 Å². The third kappa shape index (κ3) is 8.75. The number of H-pyrrole nitrogens is 1. The number of nitrogens with zero attached hydrogens (tertiary/aromatic N) is 3. The van der Waals surface area contributed by atoms with Gasteiger partial charge in [0.15, 0.2) is 37.6 Å². The number of methoxy groups -OCH3 is 2. The van der Waals surface area contributed by atoms with Crippen molar-refractivity contribution in [1.82, 2.24) is 19.5 Å². The SMILES string of the molecule is COc1ccc(C(OC[C@@]2(CO[Si](C(C)C)(C(C)C)C(C)C)O[C@@H](n3cnc4c(=O)[nH]c(NC(=O)C(C)C)nc43)C(O)OC2O)(c2ccccc2)c2ccc(OC)cc2)cc1. The molecule has 1 aliphatic heterocycles. The molecule has 1 amide bonds. The second kappa shape index (κ2) is 18.6. The highest BCUT2D eigenvalue weighted by atomic mass is 28.4. The predicted octanol–water partition coefficient (Wildman–Crippen LogP) is 6.85. The zero-order chi connectivity index (χ0) is 44.3. The van der Waals surface area contributed by atoms with Crippen molar-refractivity contribution in [3.63, 3.8) is 0 Å². The van der Waals surface area contributed by atoms with Crippen LogP contribution in [-0.4, -0.2) is 89.6 Å². The lowest BCUT2D eigenvalue weighted by atomic mass is 9.79. The maximum Gasteiger partial charge on any atom is 0.280 e. The summed E-state index contributed by atoms with van der Waals surface area (Å²) in [5.74, 6) is 0.403. The quantitative estimate of drug-likeness (QED) is 0.0563. The third-order valence-corrected chi connectivity index (χ3v) is 17.8. The third-order valence-electron chi connectivity index (χ3n) is 11.8. The number of imidazole rings is 1. The van der Waals surface area contributed by atoms with Crippen LogP contribution in [0.5, 0.6) is 11.5 Å². The second-order valence-electron chi connectivity index (χ2n) is 16.7. The van der Waals surface area contributed by atoms with E-state index in [4.69, 9.17) is 28.1 Å². The fourth-order valence-electron chi connectivity index (χ4n) is 8.61. The van der Waals surface area contributed by atoms with Gasteiger partial charge in [-0.1, -0.05) is 110 Å². The first-order valence-electron chi connectivity index (χ1n) is 20.6. The van der Waals surface area contributed by atoms with Gasteiger partial charge in [-0.15, -0.1) is 0 Å². The molecule has 3 heterocycles. The molecule has 328 valence electrons. The van der Waals surface area contributed by atoms with Crippen LogP contribution >= 0.6 is 0 Å². The molecule has 0 radical (unpaired) electrons. The normalized spacial score (nSPS) is 19.9. The highest BCUT2D eigenvalue weighted by Gasteiger charge is 2.56. The smallest absolute Gasteiger partial charge is 0.280 e. The number of nitrogens with one attached hydrogen (secondary N) is 2. The van der Waals surface area contributed by atoms with Crippen molar-refractivity contribution in [2.45, 2.75) is 102 Å². The fraction of sp³-hybridized carbons (Fsp3) is 0.467. The Balaban J connectivity index is 1.54. The Morgan fingerprint density at radius 1 is 0.852 bits per heavy atom. The van der Waals surface area contributed by atoms with E-state index < -0.39 is 49.8 Å². The molecule has 15 nitrogen and oxygen atoms in total. The summed E-state index contributed by atoms with van der Waals surface area (Å²) in [7, 11) is 0.524. The molecule has 3 aromatic carbocycles. The minimum Gasteiger partial charge on any atom is -0.497 e. The molecule has 1 fully saturated rings. The number of aromatic amines is 1. The number of anilines is 1. The summed E-state index contributed by atoms with van der Waals surface area (Å²) in [5, 5.41) is 26.4. The van der Waals surface area contributed by atoms with Gasteiger partial charge in [-0.25, -0.2) is 4.98 Å². The van der Waals surface area contributed by atoms with Crippen molar-refractivity contribution in [1.29, 1.82) is 0 Å². The average Bonchev–Trinajstić information content (AvgIpc) is 3.67. The molecule has 16 heteroatoms. The van der Waals surface area contributed by atoms with Gasteiger partial charge in [0, 0.05) is 5.92 Å². The lowest BCUT2D eigenvalue weighted by Gasteiger charge is -2.50. The van der Waals surface area contributed by atoms with Crippen LogP contribution in [0.25, 0.3) is 11.2 Å². The largest absolute Gasteiger partial charge is 0.497 e. The molecule has 0 bridgehead atoms. The van der Waals surface area contributed by atoms with Crippen LogP contribution < -0.4 is 20.3 Å². The molecule has 1 saturated heterocycles. The summed E-state index contributed by atoms with van der Waals surface area (Å²) in [6.45, 7) is 15.8. The van der Waals surface area contributed by atoms with E-state index >= 15 is 0 Å². The second-order valence-corrected chi connectivity index (χ2v) is 22.2.